The number of hydrogen-bond acceptors (Lipinski definition) is 3. The maximum atomic E-state index is 12.8. The van der Waals surface area contributed by atoms with E-state index in [4.69, 9.17) is 0 Å². The molecular weight excluding hydrogens is 268 g/mol. The third kappa shape index (κ3) is 2.66. The maximum Gasteiger partial charge on any atom is 0.246 e. The third-order valence-electron chi connectivity index (χ3n) is 4.28. The minimum Gasteiger partial charge on any atom is -0.342 e. The SMILES string of the molecule is CC(C)C1C(=O)NC(C2CC2)C(=O)N1Cc1ccn(C)n1. The molecule has 6 nitrogen and oxygen atoms in total. The van der Waals surface area contributed by atoms with Crippen molar-refractivity contribution in [2.45, 2.75) is 45.3 Å². The van der Waals surface area contributed by atoms with Gasteiger partial charge in [0.1, 0.15) is 12.1 Å². The molecule has 2 aliphatic rings. The Balaban J connectivity index is 1.86. The molecule has 0 radical (unpaired) electrons. The van der Waals surface area contributed by atoms with E-state index in [2.05, 4.69) is 10.4 Å². The van der Waals surface area contributed by atoms with Gasteiger partial charge in [-0.1, -0.05) is 13.8 Å². The van der Waals surface area contributed by atoms with Crippen LogP contribution in [0.2, 0.25) is 0 Å². The summed E-state index contributed by atoms with van der Waals surface area (Å²) in [7, 11) is 1.85. The van der Waals surface area contributed by atoms with Gasteiger partial charge >= 0.3 is 0 Å². The lowest BCUT2D eigenvalue weighted by atomic mass is 9.95. The molecule has 3 rings (SSSR count). The molecule has 1 aromatic rings. The summed E-state index contributed by atoms with van der Waals surface area (Å²) in [4.78, 5) is 26.9. The highest BCUT2D eigenvalue weighted by atomic mass is 16.2. The van der Waals surface area contributed by atoms with E-state index >= 15 is 0 Å². The van der Waals surface area contributed by atoms with Gasteiger partial charge < -0.3 is 10.2 Å². The van der Waals surface area contributed by atoms with Crippen molar-refractivity contribution in [3.05, 3.63) is 18.0 Å². The zero-order valence-corrected chi connectivity index (χ0v) is 12.7. The van der Waals surface area contributed by atoms with Gasteiger partial charge in [0.15, 0.2) is 0 Å². The lowest BCUT2D eigenvalue weighted by molar-refractivity contribution is -0.152. The first-order valence-electron chi connectivity index (χ1n) is 7.56. The molecule has 2 atom stereocenters. The van der Waals surface area contributed by atoms with Gasteiger partial charge in [-0.05, 0) is 30.7 Å². The average molecular weight is 290 g/mol. The number of rotatable bonds is 4. The molecule has 2 amide bonds. The number of amides is 2. The zero-order chi connectivity index (χ0) is 15.1. The first kappa shape index (κ1) is 14.1. The predicted molar refractivity (Wildman–Crippen MR) is 77.0 cm³/mol. The van der Waals surface area contributed by atoms with Crippen molar-refractivity contribution in [2.24, 2.45) is 18.9 Å². The van der Waals surface area contributed by atoms with E-state index in [1.807, 2.05) is 33.2 Å². The van der Waals surface area contributed by atoms with Gasteiger partial charge in [-0.3, -0.25) is 14.3 Å². The fraction of sp³-hybridized carbons (Fsp3) is 0.667. The first-order chi connectivity index (χ1) is 9.97. The summed E-state index contributed by atoms with van der Waals surface area (Å²) in [5, 5.41) is 7.26. The van der Waals surface area contributed by atoms with Crippen LogP contribution in [0.15, 0.2) is 12.3 Å². The van der Waals surface area contributed by atoms with Crippen LogP contribution in [0.5, 0.6) is 0 Å². The Kier molecular flexibility index (Phi) is 3.47. The molecule has 0 spiro atoms. The highest BCUT2D eigenvalue weighted by molar-refractivity contribution is 5.97. The minimum absolute atomic E-state index is 0.0302. The van der Waals surface area contributed by atoms with Crippen LogP contribution < -0.4 is 5.32 Å². The molecule has 1 saturated heterocycles. The van der Waals surface area contributed by atoms with Crippen LogP contribution in [0.25, 0.3) is 0 Å². The molecule has 0 aromatic carbocycles. The molecule has 2 unspecified atom stereocenters. The van der Waals surface area contributed by atoms with Gasteiger partial charge in [-0.25, -0.2) is 0 Å². The molecular formula is C15H22N4O2. The van der Waals surface area contributed by atoms with E-state index in [1.54, 1.807) is 9.58 Å². The average Bonchev–Trinajstić information content (AvgIpc) is 3.17. The number of aromatic nitrogens is 2. The van der Waals surface area contributed by atoms with Crippen LogP contribution in [0.4, 0.5) is 0 Å². The molecule has 2 heterocycles. The summed E-state index contributed by atoms with van der Waals surface area (Å²) >= 11 is 0. The number of piperazine rings is 1. The lowest BCUT2D eigenvalue weighted by Crippen LogP contribution is -2.65. The number of nitrogens with zero attached hydrogens (tertiary/aromatic N) is 3. The second-order valence-corrected chi connectivity index (χ2v) is 6.46. The van der Waals surface area contributed by atoms with Crippen LogP contribution >= 0.6 is 0 Å². The number of carbonyl (C=O) groups excluding carboxylic acids is 2. The smallest absolute Gasteiger partial charge is 0.246 e. The largest absolute Gasteiger partial charge is 0.342 e. The Morgan fingerprint density at radius 3 is 2.62 bits per heavy atom. The van der Waals surface area contributed by atoms with Crippen LogP contribution in [-0.2, 0) is 23.2 Å². The van der Waals surface area contributed by atoms with Gasteiger partial charge in [0.2, 0.25) is 11.8 Å². The van der Waals surface area contributed by atoms with E-state index in [0.29, 0.717) is 12.5 Å². The summed E-state index contributed by atoms with van der Waals surface area (Å²) in [6, 6.07) is 1.15. The second kappa shape index (κ2) is 5.16. The Bertz CT molecular complexity index is 562. The van der Waals surface area contributed by atoms with E-state index < -0.39 is 6.04 Å². The topological polar surface area (TPSA) is 67.2 Å². The summed E-state index contributed by atoms with van der Waals surface area (Å²) in [6.45, 7) is 4.35. The Morgan fingerprint density at radius 2 is 2.10 bits per heavy atom. The predicted octanol–water partition coefficient (Wildman–Crippen LogP) is 0.682. The zero-order valence-electron chi connectivity index (χ0n) is 12.7. The number of aryl methyl sites for hydroxylation is 1. The van der Waals surface area contributed by atoms with Gasteiger partial charge in [-0.2, -0.15) is 5.10 Å². The van der Waals surface area contributed by atoms with Crippen LogP contribution in [0.1, 0.15) is 32.4 Å². The fourth-order valence-electron chi connectivity index (χ4n) is 3.07. The standard InChI is InChI=1S/C15H22N4O2/c1-9(2)13-14(20)16-12(10-4-5-10)15(21)19(13)8-11-6-7-18(3)17-11/h6-7,9-10,12-13H,4-5,8H2,1-3H3,(H,16,20). The maximum absolute atomic E-state index is 12.8. The van der Waals surface area contributed by atoms with Crippen molar-refractivity contribution in [1.82, 2.24) is 20.0 Å². The summed E-state index contributed by atoms with van der Waals surface area (Å²) in [6.07, 6.45) is 3.91. The van der Waals surface area contributed by atoms with Crippen molar-refractivity contribution < 1.29 is 9.59 Å². The minimum atomic E-state index is -0.408. The van der Waals surface area contributed by atoms with Crippen molar-refractivity contribution in [3.63, 3.8) is 0 Å². The summed E-state index contributed by atoms with van der Waals surface area (Å²) in [5.74, 6) is 0.414. The molecule has 1 aromatic heterocycles. The molecule has 1 aliphatic carbocycles. The lowest BCUT2D eigenvalue weighted by Gasteiger charge is -2.40. The molecule has 114 valence electrons. The van der Waals surface area contributed by atoms with E-state index in [9.17, 15) is 9.59 Å². The highest BCUT2D eigenvalue weighted by Gasteiger charge is 2.47. The molecule has 0 bridgehead atoms. The molecule has 1 saturated carbocycles. The second-order valence-electron chi connectivity index (χ2n) is 6.46. The van der Waals surface area contributed by atoms with Crippen LogP contribution in [-0.4, -0.2) is 38.6 Å². The van der Waals surface area contributed by atoms with Gasteiger partial charge in [0.05, 0.1) is 12.2 Å². The molecule has 21 heavy (non-hydrogen) atoms. The van der Waals surface area contributed by atoms with Gasteiger partial charge in [0, 0.05) is 13.2 Å². The van der Waals surface area contributed by atoms with Crippen molar-refractivity contribution in [3.8, 4) is 0 Å². The number of hydrogen-bond donors (Lipinski definition) is 1. The molecule has 1 aliphatic heterocycles. The Labute approximate surface area is 124 Å². The molecule has 6 heteroatoms. The van der Waals surface area contributed by atoms with Gasteiger partial charge in [-0.15, -0.1) is 0 Å². The van der Waals surface area contributed by atoms with E-state index in [-0.39, 0.29) is 23.8 Å². The monoisotopic (exact) mass is 290 g/mol. The summed E-state index contributed by atoms with van der Waals surface area (Å²) in [5.41, 5.74) is 0.820. The first-order valence-corrected chi connectivity index (χ1v) is 7.56. The molecule has 1 N–H and O–H groups in total. The number of carbonyl (C=O) groups is 2. The Morgan fingerprint density at radius 1 is 1.38 bits per heavy atom. The van der Waals surface area contributed by atoms with Crippen molar-refractivity contribution in [2.75, 3.05) is 0 Å². The van der Waals surface area contributed by atoms with E-state index in [1.165, 1.54) is 0 Å². The van der Waals surface area contributed by atoms with Crippen molar-refractivity contribution in [1.29, 1.82) is 0 Å². The number of nitrogens with one attached hydrogen (secondary N) is 1. The van der Waals surface area contributed by atoms with Crippen molar-refractivity contribution >= 4 is 11.8 Å². The quantitative estimate of drug-likeness (QED) is 0.887. The van der Waals surface area contributed by atoms with Crippen LogP contribution in [0.3, 0.4) is 0 Å². The summed E-state index contributed by atoms with van der Waals surface area (Å²) < 4.78 is 1.71. The highest BCUT2D eigenvalue weighted by Crippen LogP contribution is 2.36. The Hall–Kier alpha value is -1.85. The fourth-order valence-corrected chi connectivity index (χ4v) is 3.07. The van der Waals surface area contributed by atoms with E-state index in [0.717, 1.165) is 18.5 Å². The molecule has 2 fully saturated rings. The third-order valence-corrected chi connectivity index (χ3v) is 4.28. The van der Waals surface area contributed by atoms with Crippen LogP contribution in [0, 0.1) is 11.8 Å². The normalized spacial score (nSPS) is 26.4. The van der Waals surface area contributed by atoms with Gasteiger partial charge in [0.25, 0.3) is 0 Å².